The van der Waals surface area contributed by atoms with Gasteiger partial charge in [-0.3, -0.25) is 9.20 Å². The lowest BCUT2D eigenvalue weighted by Gasteiger charge is -2.32. The Kier molecular flexibility index (Phi) is 5.30. The van der Waals surface area contributed by atoms with Crippen molar-refractivity contribution in [2.45, 2.75) is 64.8 Å². The quantitative estimate of drug-likeness (QED) is 0.677. The Balaban J connectivity index is 1.52. The van der Waals surface area contributed by atoms with Gasteiger partial charge in [-0.25, -0.2) is 4.98 Å². The maximum Gasteiger partial charge on any atom is 0.276 e. The van der Waals surface area contributed by atoms with Gasteiger partial charge in [0.15, 0.2) is 5.69 Å². The fraction of sp³-hybridized carbons (Fsp3) is 0.522. The van der Waals surface area contributed by atoms with Crippen molar-refractivity contribution >= 4 is 17.4 Å². The number of nitrogens with zero attached hydrogens (tertiary/aromatic N) is 4. The van der Waals surface area contributed by atoms with Crippen LogP contribution < -0.4 is 5.32 Å². The van der Waals surface area contributed by atoms with Gasteiger partial charge in [0, 0.05) is 42.7 Å². The van der Waals surface area contributed by atoms with Crippen molar-refractivity contribution in [3.8, 4) is 0 Å². The molecule has 0 aliphatic carbocycles. The summed E-state index contributed by atoms with van der Waals surface area (Å²) < 4.78 is 7.43. The van der Waals surface area contributed by atoms with Crippen molar-refractivity contribution in [1.82, 2.24) is 19.4 Å². The molecular weight excluding hydrogens is 378 g/mol. The third-order valence-corrected chi connectivity index (χ3v) is 5.54. The van der Waals surface area contributed by atoms with E-state index in [-0.39, 0.29) is 17.4 Å². The summed E-state index contributed by atoms with van der Waals surface area (Å²) >= 11 is 0. The number of carbonyl (C=O) groups excluding carboxylic acids is 1. The minimum absolute atomic E-state index is 0.0489. The van der Waals surface area contributed by atoms with Gasteiger partial charge in [-0.05, 0) is 45.7 Å². The maximum absolute atomic E-state index is 12.8. The highest BCUT2D eigenvalue weighted by Crippen LogP contribution is 2.34. The van der Waals surface area contributed by atoms with Crippen LogP contribution in [0.2, 0.25) is 0 Å². The normalized spacial score (nSPS) is 15.9. The molecule has 30 heavy (non-hydrogen) atoms. The van der Waals surface area contributed by atoms with Gasteiger partial charge in [0.05, 0.1) is 5.69 Å². The molecule has 0 saturated carbocycles. The summed E-state index contributed by atoms with van der Waals surface area (Å²) in [5.41, 5.74) is 2.37. The summed E-state index contributed by atoms with van der Waals surface area (Å²) in [4.78, 5) is 19.7. The molecule has 3 aromatic heterocycles. The summed E-state index contributed by atoms with van der Waals surface area (Å²) in [7, 11) is 0. The second-order valence-corrected chi connectivity index (χ2v) is 9.49. The molecule has 160 valence electrons. The average Bonchev–Trinajstić information content (AvgIpc) is 3.33. The fourth-order valence-electron chi connectivity index (χ4n) is 3.96. The first kappa shape index (κ1) is 20.4. The maximum atomic E-state index is 12.8. The van der Waals surface area contributed by atoms with Gasteiger partial charge >= 0.3 is 0 Å². The molecule has 1 saturated heterocycles. The molecule has 0 radical (unpaired) electrons. The third kappa shape index (κ3) is 4.06. The van der Waals surface area contributed by atoms with Crippen molar-refractivity contribution in [2.24, 2.45) is 0 Å². The van der Waals surface area contributed by atoms with Crippen LogP contribution in [-0.2, 0) is 0 Å². The number of rotatable bonds is 4. The molecule has 0 unspecified atom stereocenters. The molecule has 1 N–H and O–H groups in total. The van der Waals surface area contributed by atoms with Gasteiger partial charge in [-0.2, -0.15) is 0 Å². The molecule has 0 spiro atoms. The molecule has 0 atom stereocenters. The van der Waals surface area contributed by atoms with Crippen LogP contribution in [0.1, 0.15) is 81.2 Å². The zero-order chi connectivity index (χ0) is 21.5. The molecule has 1 fully saturated rings. The second-order valence-electron chi connectivity index (χ2n) is 9.49. The number of imidazole rings is 1. The van der Waals surface area contributed by atoms with E-state index in [0.717, 1.165) is 35.8 Å². The summed E-state index contributed by atoms with van der Waals surface area (Å²) in [5.74, 6) is 2.28. The molecular formula is C23H31N5O2. The highest BCUT2D eigenvalue weighted by Gasteiger charge is 2.30. The van der Waals surface area contributed by atoms with Gasteiger partial charge in [-0.1, -0.05) is 25.1 Å². The number of nitrogens with one attached hydrogen (secondary N) is 1. The van der Waals surface area contributed by atoms with Crippen LogP contribution in [0.15, 0.2) is 35.0 Å². The zero-order valence-electron chi connectivity index (χ0n) is 18.5. The summed E-state index contributed by atoms with van der Waals surface area (Å²) in [6, 6.07) is 7.84. The summed E-state index contributed by atoms with van der Waals surface area (Å²) in [6.45, 7) is 11.9. The number of hydrogen-bond acceptors (Lipinski definition) is 5. The molecule has 7 heteroatoms. The number of pyridine rings is 1. The van der Waals surface area contributed by atoms with Crippen molar-refractivity contribution in [3.63, 3.8) is 0 Å². The second kappa shape index (κ2) is 7.78. The Morgan fingerprint density at radius 2 is 1.97 bits per heavy atom. The monoisotopic (exact) mass is 409 g/mol. The molecule has 1 amide bonds. The minimum Gasteiger partial charge on any atom is -0.365 e. The smallest absolute Gasteiger partial charge is 0.276 e. The number of amides is 1. The highest BCUT2D eigenvalue weighted by atomic mass is 16.5. The number of hydrogen-bond donors (Lipinski definition) is 1. The van der Waals surface area contributed by atoms with Gasteiger partial charge in [-0.15, -0.1) is 0 Å². The Bertz CT molecular complexity index is 1040. The Labute approximate surface area is 177 Å². The van der Waals surface area contributed by atoms with E-state index in [1.807, 2.05) is 36.9 Å². The van der Waals surface area contributed by atoms with E-state index in [9.17, 15) is 4.79 Å². The number of aromatic nitrogens is 3. The van der Waals surface area contributed by atoms with Gasteiger partial charge in [0.2, 0.25) is 0 Å². The number of anilines is 1. The van der Waals surface area contributed by atoms with E-state index in [4.69, 9.17) is 9.51 Å². The minimum atomic E-state index is -0.0711. The van der Waals surface area contributed by atoms with E-state index in [0.29, 0.717) is 24.7 Å². The molecule has 4 rings (SSSR count). The molecule has 0 bridgehead atoms. The van der Waals surface area contributed by atoms with Crippen molar-refractivity contribution in [2.75, 3.05) is 18.4 Å². The van der Waals surface area contributed by atoms with Crippen molar-refractivity contribution in [3.05, 3.63) is 47.6 Å². The molecule has 7 nitrogen and oxygen atoms in total. The SMILES string of the molecule is CC(C)c1cc(C(=O)N2CCC(c3nc4ccccn4c3NC(C)(C)C)CC2)no1. The van der Waals surface area contributed by atoms with Crippen LogP contribution in [0, 0.1) is 0 Å². The number of carbonyl (C=O) groups is 1. The Morgan fingerprint density at radius 3 is 2.60 bits per heavy atom. The first-order chi connectivity index (χ1) is 14.2. The molecule has 4 heterocycles. The molecule has 0 aromatic carbocycles. The van der Waals surface area contributed by atoms with Gasteiger partial charge < -0.3 is 14.7 Å². The highest BCUT2D eigenvalue weighted by molar-refractivity contribution is 5.92. The summed E-state index contributed by atoms with van der Waals surface area (Å²) in [5, 5.41) is 7.62. The predicted molar refractivity (Wildman–Crippen MR) is 117 cm³/mol. The summed E-state index contributed by atoms with van der Waals surface area (Å²) in [6.07, 6.45) is 3.81. The molecule has 3 aromatic rings. The van der Waals surface area contributed by atoms with E-state index in [1.165, 1.54) is 0 Å². The Morgan fingerprint density at radius 1 is 1.23 bits per heavy atom. The van der Waals surface area contributed by atoms with Crippen LogP contribution in [-0.4, -0.2) is 44.0 Å². The molecule has 1 aliphatic heterocycles. The molecule has 1 aliphatic rings. The van der Waals surface area contributed by atoms with Crippen molar-refractivity contribution in [1.29, 1.82) is 0 Å². The van der Waals surface area contributed by atoms with Crippen LogP contribution >= 0.6 is 0 Å². The number of likely N-dealkylation sites (tertiary alicyclic amines) is 1. The first-order valence-corrected chi connectivity index (χ1v) is 10.7. The Hall–Kier alpha value is -2.83. The van der Waals surface area contributed by atoms with Crippen LogP contribution in [0.5, 0.6) is 0 Å². The number of piperidine rings is 1. The lowest BCUT2D eigenvalue weighted by Crippen LogP contribution is -2.38. The fourth-order valence-corrected chi connectivity index (χ4v) is 3.96. The first-order valence-electron chi connectivity index (χ1n) is 10.7. The zero-order valence-corrected chi connectivity index (χ0v) is 18.5. The van der Waals surface area contributed by atoms with Gasteiger partial charge in [0.25, 0.3) is 5.91 Å². The van der Waals surface area contributed by atoms with Crippen LogP contribution in [0.3, 0.4) is 0 Å². The van der Waals surface area contributed by atoms with Crippen LogP contribution in [0.25, 0.3) is 5.65 Å². The van der Waals surface area contributed by atoms with Gasteiger partial charge in [0.1, 0.15) is 17.2 Å². The van der Waals surface area contributed by atoms with Crippen molar-refractivity contribution < 1.29 is 9.32 Å². The largest absolute Gasteiger partial charge is 0.365 e. The lowest BCUT2D eigenvalue weighted by atomic mass is 9.92. The van der Waals surface area contributed by atoms with E-state index in [2.05, 4.69) is 41.8 Å². The number of fused-ring (bicyclic) bond motifs is 1. The van der Waals surface area contributed by atoms with Crippen LogP contribution in [0.4, 0.5) is 5.82 Å². The third-order valence-electron chi connectivity index (χ3n) is 5.54. The van der Waals surface area contributed by atoms with E-state index in [1.54, 1.807) is 6.07 Å². The standard InChI is InChI=1S/C23H31N5O2/c1-15(2)18-14-17(26-30-18)22(29)27-12-9-16(10-13-27)20-21(25-23(3,4)5)28-11-7-6-8-19(28)24-20/h6-8,11,14-16,25H,9-10,12-13H2,1-5H3. The van der Waals surface area contributed by atoms with E-state index < -0.39 is 0 Å². The topological polar surface area (TPSA) is 75.7 Å². The lowest BCUT2D eigenvalue weighted by molar-refractivity contribution is 0.0701. The average molecular weight is 410 g/mol. The predicted octanol–water partition coefficient (Wildman–Crippen LogP) is 4.68. The van der Waals surface area contributed by atoms with E-state index >= 15 is 0 Å².